The lowest BCUT2D eigenvalue weighted by Gasteiger charge is -2.28. The minimum atomic E-state index is -3.32. The van der Waals surface area contributed by atoms with Gasteiger partial charge in [-0.15, -0.1) is 0 Å². The molecule has 0 aromatic heterocycles. The van der Waals surface area contributed by atoms with Crippen molar-refractivity contribution < 1.29 is 17.9 Å². The van der Waals surface area contributed by atoms with E-state index in [0.29, 0.717) is 30.9 Å². The third kappa shape index (κ3) is 4.54. The van der Waals surface area contributed by atoms with E-state index < -0.39 is 10.0 Å². The Morgan fingerprint density at radius 2 is 1.93 bits per heavy atom. The largest absolute Gasteiger partial charge is 0.494 e. The zero-order valence-corrected chi connectivity index (χ0v) is 16.5. The summed E-state index contributed by atoms with van der Waals surface area (Å²) in [7, 11) is -3.32. The van der Waals surface area contributed by atoms with Crippen LogP contribution in [-0.4, -0.2) is 33.2 Å². The summed E-state index contributed by atoms with van der Waals surface area (Å²) in [5.74, 6) is 0.489. The molecule has 1 N–H and O–H groups in total. The zero-order chi connectivity index (χ0) is 19.4. The predicted molar refractivity (Wildman–Crippen MR) is 107 cm³/mol. The summed E-state index contributed by atoms with van der Waals surface area (Å²) in [6, 6.07) is 11.7. The van der Waals surface area contributed by atoms with Crippen LogP contribution in [-0.2, 0) is 10.0 Å². The van der Waals surface area contributed by atoms with E-state index in [1.165, 1.54) is 10.4 Å². The highest BCUT2D eigenvalue weighted by Crippen LogP contribution is 2.29. The van der Waals surface area contributed by atoms with E-state index in [1.54, 1.807) is 36.4 Å². The Kier molecular flexibility index (Phi) is 5.92. The second-order valence-corrected chi connectivity index (χ2v) is 8.59. The Bertz CT molecular complexity index is 929. The van der Waals surface area contributed by atoms with Crippen molar-refractivity contribution in [1.82, 2.24) is 0 Å². The number of amides is 1. The molecular weight excluding hydrogens is 388 g/mol. The molecule has 1 aliphatic rings. The van der Waals surface area contributed by atoms with Crippen LogP contribution in [0.3, 0.4) is 0 Å². The van der Waals surface area contributed by atoms with E-state index >= 15 is 0 Å². The molecule has 2 aromatic carbocycles. The Morgan fingerprint density at radius 1 is 1.19 bits per heavy atom. The molecule has 1 saturated heterocycles. The van der Waals surface area contributed by atoms with Gasteiger partial charge < -0.3 is 10.1 Å². The number of sulfonamides is 1. The molecule has 0 aliphatic carbocycles. The zero-order valence-electron chi connectivity index (χ0n) is 14.9. The molecule has 1 amide bonds. The molecule has 2 aromatic rings. The van der Waals surface area contributed by atoms with Crippen LogP contribution in [0.5, 0.6) is 5.75 Å². The third-order valence-electron chi connectivity index (χ3n) is 4.26. The lowest BCUT2D eigenvalue weighted by molar-refractivity contribution is 0.102. The Morgan fingerprint density at radius 3 is 2.56 bits per heavy atom. The van der Waals surface area contributed by atoms with E-state index in [-0.39, 0.29) is 22.2 Å². The second kappa shape index (κ2) is 8.19. The smallest absolute Gasteiger partial charge is 0.257 e. The summed E-state index contributed by atoms with van der Waals surface area (Å²) in [4.78, 5) is 12.5. The molecule has 0 atom stereocenters. The molecule has 27 heavy (non-hydrogen) atoms. The van der Waals surface area contributed by atoms with E-state index in [4.69, 9.17) is 16.3 Å². The quantitative estimate of drug-likeness (QED) is 0.813. The minimum absolute atomic E-state index is 0.130. The summed E-state index contributed by atoms with van der Waals surface area (Å²) in [5.41, 5.74) is 1.38. The fourth-order valence-corrected chi connectivity index (χ4v) is 4.81. The summed E-state index contributed by atoms with van der Waals surface area (Å²) >= 11 is 6.27. The molecule has 8 heteroatoms. The molecule has 0 bridgehead atoms. The van der Waals surface area contributed by atoms with Crippen molar-refractivity contribution in [3.63, 3.8) is 0 Å². The van der Waals surface area contributed by atoms with Crippen LogP contribution in [0.15, 0.2) is 42.5 Å². The van der Waals surface area contributed by atoms with Crippen LogP contribution in [0.2, 0.25) is 5.02 Å². The first kappa shape index (κ1) is 19.5. The fourth-order valence-electron chi connectivity index (χ4n) is 2.92. The average Bonchev–Trinajstić information content (AvgIpc) is 2.63. The maximum Gasteiger partial charge on any atom is 0.257 e. The molecule has 1 aliphatic heterocycles. The van der Waals surface area contributed by atoms with Gasteiger partial charge in [-0.3, -0.25) is 9.10 Å². The van der Waals surface area contributed by atoms with Crippen LogP contribution in [0.1, 0.15) is 30.1 Å². The molecular formula is C19H21ClN2O4S. The van der Waals surface area contributed by atoms with Gasteiger partial charge in [0.05, 0.1) is 28.6 Å². The molecule has 0 spiro atoms. The monoisotopic (exact) mass is 408 g/mol. The Labute approximate surface area is 164 Å². The van der Waals surface area contributed by atoms with E-state index in [2.05, 4.69) is 5.32 Å². The number of anilines is 2. The number of nitrogens with one attached hydrogen (secondary N) is 1. The molecule has 0 radical (unpaired) electrons. The van der Waals surface area contributed by atoms with Crippen LogP contribution in [0, 0.1) is 0 Å². The summed E-state index contributed by atoms with van der Waals surface area (Å²) in [5, 5.41) is 2.98. The average molecular weight is 409 g/mol. The number of carbonyl (C=O) groups is 1. The molecule has 0 saturated carbocycles. The second-order valence-electron chi connectivity index (χ2n) is 6.17. The topological polar surface area (TPSA) is 75.7 Å². The van der Waals surface area contributed by atoms with E-state index in [0.717, 1.165) is 12.2 Å². The highest BCUT2D eigenvalue weighted by molar-refractivity contribution is 7.92. The van der Waals surface area contributed by atoms with Crippen LogP contribution >= 0.6 is 11.6 Å². The number of nitrogens with zero attached hydrogens (tertiary/aromatic N) is 1. The maximum atomic E-state index is 12.5. The first-order valence-electron chi connectivity index (χ1n) is 8.75. The van der Waals surface area contributed by atoms with Crippen molar-refractivity contribution in [2.24, 2.45) is 0 Å². The number of halogens is 1. The van der Waals surface area contributed by atoms with Crippen molar-refractivity contribution in [3.05, 3.63) is 53.1 Å². The fraction of sp³-hybridized carbons (Fsp3) is 0.316. The van der Waals surface area contributed by atoms with Crippen molar-refractivity contribution in [1.29, 1.82) is 0 Å². The molecule has 1 heterocycles. The first-order chi connectivity index (χ1) is 12.9. The lowest BCUT2D eigenvalue weighted by Crippen LogP contribution is -2.37. The number of rotatable bonds is 5. The highest BCUT2D eigenvalue weighted by Gasteiger charge is 2.26. The first-order valence-corrected chi connectivity index (χ1v) is 10.7. The van der Waals surface area contributed by atoms with Crippen LogP contribution in [0.25, 0.3) is 0 Å². The van der Waals surface area contributed by atoms with Gasteiger partial charge in [0, 0.05) is 12.2 Å². The standard InChI is InChI=1S/C19H21ClN2O4S/c1-2-26-16-8-5-14(6-9-16)21-19(23)17-10-7-15(13-18(17)20)22-11-3-4-12-27(22,24)25/h5-10,13H,2-4,11-12H2,1H3,(H,21,23). The molecule has 0 unspecified atom stereocenters. The normalized spacial score (nSPS) is 16.0. The molecule has 1 fully saturated rings. The van der Waals surface area contributed by atoms with Gasteiger partial charge in [-0.25, -0.2) is 8.42 Å². The van der Waals surface area contributed by atoms with E-state index in [1.807, 2.05) is 6.92 Å². The Balaban J connectivity index is 1.76. The van der Waals surface area contributed by atoms with Crippen LogP contribution in [0.4, 0.5) is 11.4 Å². The number of hydrogen-bond acceptors (Lipinski definition) is 4. The molecule has 6 nitrogen and oxygen atoms in total. The number of benzene rings is 2. The highest BCUT2D eigenvalue weighted by atomic mass is 35.5. The van der Waals surface area contributed by atoms with Crippen molar-refractivity contribution >= 4 is 38.9 Å². The van der Waals surface area contributed by atoms with Gasteiger partial charge in [-0.2, -0.15) is 0 Å². The molecule has 144 valence electrons. The van der Waals surface area contributed by atoms with Crippen molar-refractivity contribution in [2.75, 3.05) is 28.5 Å². The summed E-state index contributed by atoms with van der Waals surface area (Å²) < 4.78 is 31.2. The maximum absolute atomic E-state index is 12.5. The number of hydrogen-bond donors (Lipinski definition) is 1. The van der Waals surface area contributed by atoms with Gasteiger partial charge >= 0.3 is 0 Å². The lowest BCUT2D eigenvalue weighted by atomic mass is 10.1. The summed E-state index contributed by atoms with van der Waals surface area (Å²) in [6.45, 7) is 2.90. The minimum Gasteiger partial charge on any atom is -0.494 e. The van der Waals surface area contributed by atoms with Gasteiger partial charge in [-0.1, -0.05) is 11.6 Å². The van der Waals surface area contributed by atoms with Gasteiger partial charge in [0.25, 0.3) is 5.91 Å². The van der Waals surface area contributed by atoms with Crippen molar-refractivity contribution in [2.45, 2.75) is 19.8 Å². The van der Waals surface area contributed by atoms with Gasteiger partial charge in [-0.05, 0) is 62.2 Å². The number of carbonyl (C=O) groups excluding carboxylic acids is 1. The third-order valence-corrected chi connectivity index (χ3v) is 6.44. The van der Waals surface area contributed by atoms with E-state index in [9.17, 15) is 13.2 Å². The van der Waals surface area contributed by atoms with Gasteiger partial charge in [0.1, 0.15) is 5.75 Å². The van der Waals surface area contributed by atoms with Gasteiger partial charge in [0.2, 0.25) is 10.0 Å². The van der Waals surface area contributed by atoms with Crippen molar-refractivity contribution in [3.8, 4) is 5.75 Å². The molecule has 3 rings (SSSR count). The number of ether oxygens (including phenoxy) is 1. The Hall–Kier alpha value is -2.25. The van der Waals surface area contributed by atoms with Crippen LogP contribution < -0.4 is 14.4 Å². The van der Waals surface area contributed by atoms with Gasteiger partial charge in [0.15, 0.2) is 0 Å². The predicted octanol–water partition coefficient (Wildman–Crippen LogP) is 3.92. The summed E-state index contributed by atoms with van der Waals surface area (Å²) in [6.07, 6.45) is 1.46. The SMILES string of the molecule is CCOc1ccc(NC(=O)c2ccc(N3CCCCS3(=O)=O)cc2Cl)cc1.